The monoisotopic (exact) mass is 190 g/mol. The Bertz CT molecular complexity index is 403. The van der Waals surface area contributed by atoms with Crippen molar-refractivity contribution in [3.8, 4) is 10.4 Å². The summed E-state index contributed by atoms with van der Waals surface area (Å²) in [4.78, 5) is 1.06. The minimum atomic E-state index is 0.758. The molecule has 0 fully saturated rings. The smallest absolute Gasteiger partial charge is 0.0779 e. The van der Waals surface area contributed by atoms with Gasteiger partial charge in [-0.2, -0.15) is 4.37 Å². The standard InChI is InChI=1S/C10H10N2S/c1-7-2-4-8(5-3-7)10-9(11)6-12-13-10/h2-6H,11H2,1H3. The van der Waals surface area contributed by atoms with Crippen LogP contribution in [0.2, 0.25) is 0 Å². The van der Waals surface area contributed by atoms with E-state index >= 15 is 0 Å². The molecule has 0 amide bonds. The maximum absolute atomic E-state index is 5.76. The fraction of sp³-hybridized carbons (Fsp3) is 0.100. The van der Waals surface area contributed by atoms with Crippen molar-refractivity contribution in [3.63, 3.8) is 0 Å². The van der Waals surface area contributed by atoms with Crippen LogP contribution in [-0.2, 0) is 0 Å². The molecule has 0 spiro atoms. The summed E-state index contributed by atoms with van der Waals surface area (Å²) >= 11 is 1.43. The van der Waals surface area contributed by atoms with Gasteiger partial charge in [0.2, 0.25) is 0 Å². The van der Waals surface area contributed by atoms with Crippen LogP contribution in [0, 0.1) is 6.92 Å². The summed E-state index contributed by atoms with van der Waals surface area (Å²) in [5.41, 5.74) is 8.92. The van der Waals surface area contributed by atoms with Crippen LogP contribution in [0.5, 0.6) is 0 Å². The average molecular weight is 190 g/mol. The molecule has 0 bridgehead atoms. The lowest BCUT2D eigenvalue weighted by atomic mass is 10.1. The van der Waals surface area contributed by atoms with Crippen molar-refractivity contribution in [1.82, 2.24) is 4.37 Å². The topological polar surface area (TPSA) is 38.9 Å². The molecule has 0 aliphatic carbocycles. The van der Waals surface area contributed by atoms with E-state index < -0.39 is 0 Å². The molecule has 2 N–H and O–H groups in total. The fourth-order valence-electron chi connectivity index (χ4n) is 1.17. The van der Waals surface area contributed by atoms with Gasteiger partial charge in [-0.3, -0.25) is 0 Å². The number of anilines is 1. The summed E-state index contributed by atoms with van der Waals surface area (Å²) in [6, 6.07) is 8.29. The van der Waals surface area contributed by atoms with Crippen molar-refractivity contribution in [2.24, 2.45) is 0 Å². The SMILES string of the molecule is Cc1ccc(-c2sncc2N)cc1. The highest BCUT2D eigenvalue weighted by atomic mass is 32.1. The maximum atomic E-state index is 5.76. The van der Waals surface area contributed by atoms with Gasteiger partial charge >= 0.3 is 0 Å². The summed E-state index contributed by atoms with van der Waals surface area (Å²) in [5, 5.41) is 0. The average Bonchev–Trinajstić information content (AvgIpc) is 2.53. The molecule has 2 aromatic rings. The van der Waals surface area contributed by atoms with E-state index in [0.717, 1.165) is 16.1 Å². The quantitative estimate of drug-likeness (QED) is 0.751. The van der Waals surface area contributed by atoms with Crippen molar-refractivity contribution in [2.45, 2.75) is 6.92 Å². The van der Waals surface area contributed by atoms with Crippen molar-refractivity contribution in [1.29, 1.82) is 0 Å². The highest BCUT2D eigenvalue weighted by Gasteiger charge is 2.03. The molecule has 13 heavy (non-hydrogen) atoms. The molecule has 66 valence electrons. The van der Waals surface area contributed by atoms with Gasteiger partial charge in [0.25, 0.3) is 0 Å². The molecule has 0 aliphatic heterocycles. The minimum absolute atomic E-state index is 0.758. The van der Waals surface area contributed by atoms with Gasteiger partial charge < -0.3 is 5.73 Å². The van der Waals surface area contributed by atoms with Crippen molar-refractivity contribution < 1.29 is 0 Å². The summed E-state index contributed by atoms with van der Waals surface area (Å²) < 4.78 is 4.04. The first-order valence-electron chi connectivity index (χ1n) is 4.04. The number of hydrogen-bond donors (Lipinski definition) is 1. The summed E-state index contributed by atoms with van der Waals surface area (Å²) in [7, 11) is 0. The van der Waals surface area contributed by atoms with E-state index in [-0.39, 0.29) is 0 Å². The van der Waals surface area contributed by atoms with Crippen LogP contribution >= 0.6 is 11.5 Å². The summed E-state index contributed by atoms with van der Waals surface area (Å²) in [6.45, 7) is 2.07. The number of rotatable bonds is 1. The van der Waals surface area contributed by atoms with Crippen LogP contribution in [0.15, 0.2) is 30.5 Å². The van der Waals surface area contributed by atoms with Gasteiger partial charge in [0.05, 0.1) is 16.8 Å². The van der Waals surface area contributed by atoms with Crippen LogP contribution < -0.4 is 5.73 Å². The van der Waals surface area contributed by atoms with Crippen molar-refractivity contribution in [2.75, 3.05) is 5.73 Å². The Morgan fingerprint density at radius 1 is 1.23 bits per heavy atom. The Balaban J connectivity index is 2.47. The molecule has 1 heterocycles. The highest BCUT2D eigenvalue weighted by Crippen LogP contribution is 2.29. The Morgan fingerprint density at radius 3 is 2.46 bits per heavy atom. The second kappa shape index (κ2) is 3.18. The molecule has 2 rings (SSSR count). The zero-order valence-electron chi connectivity index (χ0n) is 7.32. The second-order valence-electron chi connectivity index (χ2n) is 2.98. The second-order valence-corrected chi connectivity index (χ2v) is 3.78. The molecular formula is C10H10N2S. The Kier molecular flexibility index (Phi) is 2.02. The van der Waals surface area contributed by atoms with E-state index in [4.69, 9.17) is 5.73 Å². The molecule has 3 heteroatoms. The molecular weight excluding hydrogens is 180 g/mol. The lowest BCUT2D eigenvalue weighted by molar-refractivity contribution is 1.48. The molecule has 1 aromatic heterocycles. The van der Waals surface area contributed by atoms with Gasteiger partial charge in [0.1, 0.15) is 0 Å². The number of aryl methyl sites for hydroxylation is 1. The maximum Gasteiger partial charge on any atom is 0.0779 e. The fourth-order valence-corrected chi connectivity index (χ4v) is 1.84. The van der Waals surface area contributed by atoms with Crippen LogP contribution in [-0.4, -0.2) is 4.37 Å². The number of nitrogens with zero attached hydrogens (tertiary/aromatic N) is 1. The van der Waals surface area contributed by atoms with Crippen LogP contribution in [0.25, 0.3) is 10.4 Å². The van der Waals surface area contributed by atoms with E-state index in [0.29, 0.717) is 0 Å². The normalized spacial score (nSPS) is 10.2. The Morgan fingerprint density at radius 2 is 1.92 bits per heavy atom. The van der Waals surface area contributed by atoms with Gasteiger partial charge in [-0.15, -0.1) is 0 Å². The lowest BCUT2D eigenvalue weighted by Gasteiger charge is -1.98. The third-order valence-corrected chi connectivity index (χ3v) is 2.78. The lowest BCUT2D eigenvalue weighted by Crippen LogP contribution is -1.83. The van der Waals surface area contributed by atoms with Gasteiger partial charge in [0.15, 0.2) is 0 Å². The van der Waals surface area contributed by atoms with Crippen molar-refractivity contribution in [3.05, 3.63) is 36.0 Å². The predicted molar refractivity (Wildman–Crippen MR) is 56.7 cm³/mol. The number of nitrogens with two attached hydrogens (primary N) is 1. The minimum Gasteiger partial charge on any atom is -0.396 e. The van der Waals surface area contributed by atoms with Gasteiger partial charge in [-0.1, -0.05) is 29.8 Å². The summed E-state index contributed by atoms with van der Waals surface area (Å²) in [5.74, 6) is 0. The molecule has 1 aromatic carbocycles. The number of aromatic nitrogens is 1. The first kappa shape index (κ1) is 8.26. The number of hydrogen-bond acceptors (Lipinski definition) is 3. The Hall–Kier alpha value is -1.35. The van der Waals surface area contributed by atoms with Crippen LogP contribution in [0.3, 0.4) is 0 Å². The number of benzene rings is 1. The third kappa shape index (κ3) is 1.55. The molecule has 0 unspecified atom stereocenters. The van der Waals surface area contributed by atoms with Gasteiger partial charge in [-0.25, -0.2) is 0 Å². The van der Waals surface area contributed by atoms with E-state index in [1.54, 1.807) is 6.20 Å². The van der Waals surface area contributed by atoms with Crippen LogP contribution in [0.1, 0.15) is 5.56 Å². The largest absolute Gasteiger partial charge is 0.396 e. The van der Waals surface area contributed by atoms with Gasteiger partial charge in [-0.05, 0) is 24.0 Å². The zero-order chi connectivity index (χ0) is 9.26. The zero-order valence-corrected chi connectivity index (χ0v) is 8.14. The molecule has 0 atom stereocenters. The molecule has 2 nitrogen and oxygen atoms in total. The van der Waals surface area contributed by atoms with E-state index in [2.05, 4.69) is 35.6 Å². The summed E-state index contributed by atoms with van der Waals surface area (Å²) in [6.07, 6.45) is 1.69. The van der Waals surface area contributed by atoms with Gasteiger partial charge in [0, 0.05) is 0 Å². The number of nitrogen functional groups attached to an aromatic ring is 1. The molecule has 0 radical (unpaired) electrons. The first-order chi connectivity index (χ1) is 6.27. The van der Waals surface area contributed by atoms with E-state index in [1.807, 2.05) is 0 Å². The predicted octanol–water partition coefficient (Wildman–Crippen LogP) is 2.70. The van der Waals surface area contributed by atoms with Crippen LogP contribution in [0.4, 0.5) is 5.69 Å². The molecule has 0 aliphatic rings. The molecule has 0 saturated heterocycles. The molecule has 0 saturated carbocycles. The van der Waals surface area contributed by atoms with E-state index in [9.17, 15) is 0 Å². The Labute approximate surface area is 81.2 Å². The third-order valence-electron chi connectivity index (χ3n) is 1.91. The van der Waals surface area contributed by atoms with Crippen molar-refractivity contribution >= 4 is 17.2 Å². The van der Waals surface area contributed by atoms with E-state index in [1.165, 1.54) is 17.1 Å². The first-order valence-corrected chi connectivity index (χ1v) is 4.82. The highest BCUT2D eigenvalue weighted by molar-refractivity contribution is 7.10.